The number of hydrogen-bond donors (Lipinski definition) is 0. The summed E-state index contributed by atoms with van der Waals surface area (Å²) in [6.07, 6.45) is 0. The fourth-order valence-corrected chi connectivity index (χ4v) is 7.03. The first-order valence-corrected chi connectivity index (χ1v) is 16.4. The number of para-hydroxylation sites is 1. The maximum atomic E-state index is 5.29. The molecule has 0 heterocycles. The van der Waals surface area contributed by atoms with Crippen LogP contribution in [0.3, 0.4) is 0 Å². The largest absolute Gasteiger partial charge is 0.252 e. The lowest BCUT2D eigenvalue weighted by Gasteiger charge is -2.19. The van der Waals surface area contributed by atoms with E-state index in [0.29, 0.717) is 0 Å². The number of hydrogen-bond acceptors (Lipinski definition) is 1. The van der Waals surface area contributed by atoms with E-state index in [2.05, 4.69) is 184 Å². The number of rotatable bonds is 6. The van der Waals surface area contributed by atoms with Crippen molar-refractivity contribution in [2.75, 3.05) is 0 Å². The van der Waals surface area contributed by atoms with Crippen LogP contribution in [-0.2, 0) is 0 Å². The van der Waals surface area contributed by atoms with Crippen LogP contribution < -0.4 is 0 Å². The van der Waals surface area contributed by atoms with Gasteiger partial charge in [-0.15, -0.1) is 0 Å². The molecule has 8 rings (SSSR count). The number of aliphatic imine (C=N–C) groups is 1. The fraction of sp³-hybridized carbons (Fsp3) is 0.0652. The molecule has 0 saturated carbocycles. The normalized spacial score (nSPS) is 12.5. The molecule has 1 unspecified atom stereocenters. The molecule has 0 aromatic heterocycles. The summed E-state index contributed by atoms with van der Waals surface area (Å²) in [5.74, 6) is 0.129. The standard InChI is InChI=1S/C46H35N/c1-31-14-6-13-23-43(31)47-46(32(2)33-15-4-3-5-16-33)36-27-25-35(26-28-36)44-39-19-9-11-21-41(39)45(42-22-12-10-20-40(42)44)38-29-24-34-17-7-8-18-37(34)30-38/h3-30,32H,1-2H3. The second-order valence-electron chi connectivity index (χ2n) is 12.4. The van der Waals surface area contributed by atoms with Crippen molar-refractivity contribution in [1.29, 1.82) is 0 Å². The minimum atomic E-state index is 0.129. The van der Waals surface area contributed by atoms with E-state index < -0.39 is 0 Å². The minimum absolute atomic E-state index is 0.129. The lowest BCUT2D eigenvalue weighted by atomic mass is 9.85. The lowest BCUT2D eigenvalue weighted by Crippen LogP contribution is -2.11. The molecule has 0 aliphatic carbocycles. The summed E-state index contributed by atoms with van der Waals surface area (Å²) in [4.78, 5) is 5.29. The van der Waals surface area contributed by atoms with Crippen molar-refractivity contribution in [3.8, 4) is 22.3 Å². The van der Waals surface area contributed by atoms with E-state index in [1.165, 1.54) is 65.7 Å². The quantitative estimate of drug-likeness (QED) is 0.133. The summed E-state index contributed by atoms with van der Waals surface area (Å²) in [5, 5.41) is 7.56. The second kappa shape index (κ2) is 12.2. The van der Waals surface area contributed by atoms with Crippen LogP contribution >= 0.6 is 0 Å². The molecule has 0 N–H and O–H groups in total. The topological polar surface area (TPSA) is 12.4 Å². The summed E-state index contributed by atoms with van der Waals surface area (Å²) >= 11 is 0. The summed E-state index contributed by atoms with van der Waals surface area (Å²) in [5.41, 5.74) is 10.6. The van der Waals surface area contributed by atoms with E-state index >= 15 is 0 Å². The van der Waals surface area contributed by atoms with Crippen molar-refractivity contribution < 1.29 is 0 Å². The van der Waals surface area contributed by atoms with Gasteiger partial charge in [-0.2, -0.15) is 0 Å². The molecule has 1 atom stereocenters. The molecule has 47 heavy (non-hydrogen) atoms. The summed E-state index contributed by atoms with van der Waals surface area (Å²) in [6, 6.07) is 61.3. The lowest BCUT2D eigenvalue weighted by molar-refractivity contribution is 1.02. The van der Waals surface area contributed by atoms with Gasteiger partial charge in [-0.25, -0.2) is 0 Å². The van der Waals surface area contributed by atoms with E-state index in [9.17, 15) is 0 Å². The monoisotopic (exact) mass is 601 g/mol. The SMILES string of the molecule is Cc1ccccc1N=C(c1ccc(-c2c3ccccc3c(-c3ccc4ccccc4c3)c3ccccc23)cc1)C(C)c1ccccc1. The van der Waals surface area contributed by atoms with Crippen molar-refractivity contribution in [1.82, 2.24) is 0 Å². The van der Waals surface area contributed by atoms with Crippen LogP contribution in [0.25, 0.3) is 54.6 Å². The molecule has 224 valence electrons. The van der Waals surface area contributed by atoms with E-state index in [1.807, 2.05) is 0 Å². The van der Waals surface area contributed by atoms with Gasteiger partial charge in [0.05, 0.1) is 11.4 Å². The Labute approximate surface area is 276 Å². The molecule has 0 fully saturated rings. The third-order valence-electron chi connectivity index (χ3n) is 9.51. The van der Waals surface area contributed by atoms with Crippen molar-refractivity contribution in [3.05, 3.63) is 187 Å². The third-order valence-corrected chi connectivity index (χ3v) is 9.51. The highest BCUT2D eigenvalue weighted by Gasteiger charge is 2.19. The van der Waals surface area contributed by atoms with Crippen LogP contribution in [0.5, 0.6) is 0 Å². The van der Waals surface area contributed by atoms with Gasteiger partial charge in [-0.3, -0.25) is 4.99 Å². The average molecular weight is 602 g/mol. The molecule has 0 amide bonds. The van der Waals surface area contributed by atoms with Gasteiger partial charge in [0.15, 0.2) is 0 Å². The van der Waals surface area contributed by atoms with Crippen LogP contribution in [0.1, 0.15) is 29.5 Å². The smallest absolute Gasteiger partial charge is 0.0662 e. The zero-order chi connectivity index (χ0) is 31.7. The highest BCUT2D eigenvalue weighted by atomic mass is 14.8. The van der Waals surface area contributed by atoms with Crippen molar-refractivity contribution >= 4 is 43.7 Å². The molecular weight excluding hydrogens is 567 g/mol. The molecule has 1 nitrogen and oxygen atoms in total. The molecule has 8 aromatic rings. The predicted molar refractivity (Wildman–Crippen MR) is 202 cm³/mol. The van der Waals surface area contributed by atoms with Crippen molar-refractivity contribution in [2.24, 2.45) is 4.99 Å². The van der Waals surface area contributed by atoms with Crippen LogP contribution in [0.15, 0.2) is 175 Å². The predicted octanol–water partition coefficient (Wildman–Crippen LogP) is 12.7. The van der Waals surface area contributed by atoms with Crippen molar-refractivity contribution in [3.63, 3.8) is 0 Å². The first-order chi connectivity index (χ1) is 23.2. The highest BCUT2D eigenvalue weighted by Crippen LogP contribution is 2.44. The first kappa shape index (κ1) is 28.7. The maximum Gasteiger partial charge on any atom is 0.0662 e. The number of aryl methyl sites for hydroxylation is 1. The Hall–Kier alpha value is -5.79. The summed E-state index contributed by atoms with van der Waals surface area (Å²) in [6.45, 7) is 4.39. The zero-order valence-electron chi connectivity index (χ0n) is 26.7. The Morgan fingerprint density at radius 1 is 0.468 bits per heavy atom. The van der Waals surface area contributed by atoms with E-state index in [4.69, 9.17) is 4.99 Å². The number of fused-ring (bicyclic) bond motifs is 3. The van der Waals surface area contributed by atoms with Crippen LogP contribution in [0.4, 0.5) is 5.69 Å². The van der Waals surface area contributed by atoms with Gasteiger partial charge in [0.25, 0.3) is 0 Å². The highest BCUT2D eigenvalue weighted by molar-refractivity contribution is 6.21. The Kier molecular flexibility index (Phi) is 7.44. The van der Waals surface area contributed by atoms with Gasteiger partial charge >= 0.3 is 0 Å². The minimum Gasteiger partial charge on any atom is -0.252 e. The van der Waals surface area contributed by atoms with Crippen LogP contribution in [-0.4, -0.2) is 5.71 Å². The summed E-state index contributed by atoms with van der Waals surface area (Å²) in [7, 11) is 0. The summed E-state index contributed by atoms with van der Waals surface area (Å²) < 4.78 is 0. The van der Waals surface area contributed by atoms with Gasteiger partial charge in [0.2, 0.25) is 0 Å². The maximum absolute atomic E-state index is 5.29. The van der Waals surface area contributed by atoms with Crippen LogP contribution in [0, 0.1) is 6.92 Å². The molecule has 8 aromatic carbocycles. The number of nitrogens with zero attached hydrogens (tertiary/aromatic N) is 1. The second-order valence-corrected chi connectivity index (χ2v) is 12.4. The van der Waals surface area contributed by atoms with E-state index in [0.717, 1.165) is 17.0 Å². The van der Waals surface area contributed by atoms with Gasteiger partial charge in [-0.05, 0) is 90.3 Å². The average Bonchev–Trinajstić information content (AvgIpc) is 3.13. The molecule has 0 aliphatic heterocycles. The molecular formula is C46H35N. The van der Waals surface area contributed by atoms with Crippen molar-refractivity contribution in [2.45, 2.75) is 19.8 Å². The molecule has 0 aliphatic rings. The van der Waals surface area contributed by atoms with Crippen LogP contribution in [0.2, 0.25) is 0 Å². The van der Waals surface area contributed by atoms with Gasteiger partial charge in [-0.1, -0.05) is 165 Å². The van der Waals surface area contributed by atoms with Gasteiger partial charge < -0.3 is 0 Å². The van der Waals surface area contributed by atoms with Gasteiger partial charge in [0, 0.05) is 5.92 Å². The molecule has 0 radical (unpaired) electrons. The van der Waals surface area contributed by atoms with E-state index in [1.54, 1.807) is 0 Å². The molecule has 1 heteroatoms. The Balaban J connectivity index is 1.30. The first-order valence-electron chi connectivity index (χ1n) is 16.4. The fourth-order valence-electron chi connectivity index (χ4n) is 7.03. The number of benzene rings is 8. The van der Waals surface area contributed by atoms with Gasteiger partial charge in [0.1, 0.15) is 0 Å². The Bertz CT molecular complexity index is 2360. The molecule has 0 saturated heterocycles. The Morgan fingerprint density at radius 2 is 0.979 bits per heavy atom. The Morgan fingerprint density at radius 3 is 1.62 bits per heavy atom. The van der Waals surface area contributed by atoms with E-state index in [-0.39, 0.29) is 5.92 Å². The molecule has 0 bridgehead atoms. The third kappa shape index (κ3) is 5.30. The zero-order valence-corrected chi connectivity index (χ0v) is 26.7. The molecule has 0 spiro atoms.